The average molecular weight is 250 g/mol. The number of rotatable bonds is 2. The predicted octanol–water partition coefficient (Wildman–Crippen LogP) is -0.0271. The van der Waals surface area contributed by atoms with Crippen molar-refractivity contribution in [2.45, 2.75) is 25.6 Å². The fraction of sp³-hybridized carbons (Fsp3) is 0.417. The summed E-state index contributed by atoms with van der Waals surface area (Å²) in [5, 5.41) is 12.1. The molecular formula is C12H14N2O4. The molecule has 2 heterocycles. The van der Waals surface area contributed by atoms with E-state index < -0.39 is 12.0 Å². The number of benzene rings is 1. The summed E-state index contributed by atoms with van der Waals surface area (Å²) in [7, 11) is 0. The highest BCUT2D eigenvalue weighted by Gasteiger charge is 2.31. The lowest BCUT2D eigenvalue weighted by Gasteiger charge is -2.26. The zero-order valence-electron chi connectivity index (χ0n) is 9.73. The molecule has 1 unspecified atom stereocenters. The lowest BCUT2D eigenvalue weighted by atomic mass is 9.90. The SMILES string of the molecule is NCc1cc2c(c3c1CC(C(=O)O)NC3)OCO2. The van der Waals surface area contributed by atoms with E-state index in [0.717, 1.165) is 22.4 Å². The Morgan fingerprint density at radius 1 is 1.50 bits per heavy atom. The molecule has 0 amide bonds. The smallest absolute Gasteiger partial charge is 0.321 e. The summed E-state index contributed by atoms with van der Waals surface area (Å²) in [6, 6.07) is 1.29. The van der Waals surface area contributed by atoms with E-state index in [1.807, 2.05) is 6.07 Å². The Bertz CT molecular complexity index is 515. The van der Waals surface area contributed by atoms with E-state index in [9.17, 15) is 4.79 Å². The number of nitrogens with two attached hydrogens (primary N) is 1. The third kappa shape index (κ3) is 1.61. The summed E-state index contributed by atoms with van der Waals surface area (Å²) in [5.41, 5.74) is 8.61. The Labute approximate surface area is 104 Å². The van der Waals surface area contributed by atoms with Crippen LogP contribution in [0.3, 0.4) is 0 Å². The quantitative estimate of drug-likeness (QED) is 0.682. The van der Waals surface area contributed by atoms with Crippen LogP contribution in [0.4, 0.5) is 0 Å². The molecule has 0 saturated heterocycles. The van der Waals surface area contributed by atoms with Gasteiger partial charge in [0.2, 0.25) is 6.79 Å². The summed E-state index contributed by atoms with van der Waals surface area (Å²) in [6.07, 6.45) is 0.424. The van der Waals surface area contributed by atoms with Gasteiger partial charge >= 0.3 is 5.97 Å². The number of carboxylic acids is 1. The molecule has 0 fully saturated rings. The van der Waals surface area contributed by atoms with Gasteiger partial charge in [0.1, 0.15) is 6.04 Å². The van der Waals surface area contributed by atoms with Gasteiger partial charge in [-0.1, -0.05) is 0 Å². The summed E-state index contributed by atoms with van der Waals surface area (Å²) in [4.78, 5) is 11.0. The number of hydrogen-bond acceptors (Lipinski definition) is 5. The number of hydrogen-bond donors (Lipinski definition) is 3. The van der Waals surface area contributed by atoms with Crippen LogP contribution in [0.1, 0.15) is 16.7 Å². The minimum atomic E-state index is -0.846. The van der Waals surface area contributed by atoms with Gasteiger partial charge in [-0.15, -0.1) is 0 Å². The Morgan fingerprint density at radius 2 is 2.33 bits per heavy atom. The van der Waals surface area contributed by atoms with Crippen molar-refractivity contribution in [3.8, 4) is 11.5 Å². The van der Waals surface area contributed by atoms with Gasteiger partial charge < -0.3 is 20.3 Å². The molecule has 6 heteroatoms. The van der Waals surface area contributed by atoms with E-state index in [2.05, 4.69) is 5.32 Å². The predicted molar refractivity (Wildman–Crippen MR) is 62.4 cm³/mol. The van der Waals surface area contributed by atoms with E-state index in [1.54, 1.807) is 0 Å². The third-order valence-corrected chi connectivity index (χ3v) is 3.42. The van der Waals surface area contributed by atoms with Crippen molar-refractivity contribution in [2.75, 3.05) is 6.79 Å². The molecule has 0 aromatic heterocycles. The van der Waals surface area contributed by atoms with Crippen LogP contribution in [-0.4, -0.2) is 23.9 Å². The first kappa shape index (κ1) is 11.3. The molecule has 18 heavy (non-hydrogen) atoms. The average Bonchev–Trinajstić information content (AvgIpc) is 2.85. The van der Waals surface area contributed by atoms with Gasteiger partial charge in [0.05, 0.1) is 0 Å². The molecule has 96 valence electrons. The second-order valence-electron chi connectivity index (χ2n) is 4.41. The minimum Gasteiger partial charge on any atom is -0.480 e. The van der Waals surface area contributed by atoms with E-state index in [0.29, 0.717) is 25.3 Å². The standard InChI is InChI=1S/C12H14N2O4/c13-3-6-1-10-11(18-5-17-10)8-4-14-9(12(15)16)2-7(6)8/h1,9,14H,2-5,13H2,(H,15,16). The third-order valence-electron chi connectivity index (χ3n) is 3.42. The number of aliphatic carboxylic acids is 1. The molecule has 0 spiro atoms. The molecule has 1 aromatic rings. The monoisotopic (exact) mass is 250 g/mol. The molecule has 2 aliphatic heterocycles. The largest absolute Gasteiger partial charge is 0.480 e. The van der Waals surface area contributed by atoms with Crippen LogP contribution in [0.25, 0.3) is 0 Å². The lowest BCUT2D eigenvalue weighted by Crippen LogP contribution is -2.42. The number of carboxylic acid groups (broad SMARTS) is 1. The molecule has 0 saturated carbocycles. The molecule has 3 rings (SSSR count). The Kier molecular flexibility index (Phi) is 2.61. The Balaban J connectivity index is 2.08. The van der Waals surface area contributed by atoms with Gasteiger partial charge in [0.15, 0.2) is 11.5 Å². The lowest BCUT2D eigenvalue weighted by molar-refractivity contribution is -0.139. The molecule has 0 aliphatic carbocycles. The molecule has 1 aromatic carbocycles. The normalized spacial score (nSPS) is 20.6. The topological polar surface area (TPSA) is 93.8 Å². The van der Waals surface area contributed by atoms with Crippen molar-refractivity contribution in [3.63, 3.8) is 0 Å². The van der Waals surface area contributed by atoms with Crippen LogP contribution in [0.2, 0.25) is 0 Å². The highest BCUT2D eigenvalue weighted by atomic mass is 16.7. The van der Waals surface area contributed by atoms with E-state index in [4.69, 9.17) is 20.3 Å². The summed E-state index contributed by atoms with van der Waals surface area (Å²) in [6.45, 7) is 1.04. The minimum absolute atomic E-state index is 0.207. The number of fused-ring (bicyclic) bond motifs is 3. The number of ether oxygens (including phenoxy) is 2. The summed E-state index contributed by atoms with van der Waals surface area (Å²) < 4.78 is 10.8. The zero-order chi connectivity index (χ0) is 12.7. The van der Waals surface area contributed by atoms with Gasteiger partial charge in [-0.3, -0.25) is 10.1 Å². The molecule has 0 bridgehead atoms. The maximum atomic E-state index is 11.0. The maximum absolute atomic E-state index is 11.0. The molecule has 4 N–H and O–H groups in total. The highest BCUT2D eigenvalue weighted by Crippen LogP contribution is 2.41. The number of carbonyl (C=O) groups is 1. The molecule has 2 aliphatic rings. The van der Waals surface area contributed by atoms with Gasteiger partial charge in [-0.05, 0) is 23.6 Å². The van der Waals surface area contributed by atoms with Crippen LogP contribution in [0, 0.1) is 0 Å². The van der Waals surface area contributed by atoms with Crippen LogP contribution < -0.4 is 20.5 Å². The zero-order valence-corrected chi connectivity index (χ0v) is 9.73. The molecule has 6 nitrogen and oxygen atoms in total. The van der Waals surface area contributed by atoms with Crippen LogP contribution in [0.5, 0.6) is 11.5 Å². The van der Waals surface area contributed by atoms with Gasteiger partial charge in [-0.25, -0.2) is 0 Å². The van der Waals surface area contributed by atoms with Crippen molar-refractivity contribution >= 4 is 5.97 Å². The first-order chi connectivity index (χ1) is 8.70. The highest BCUT2D eigenvalue weighted by molar-refractivity contribution is 5.75. The van der Waals surface area contributed by atoms with Crippen molar-refractivity contribution in [3.05, 3.63) is 22.8 Å². The van der Waals surface area contributed by atoms with Crippen LogP contribution in [0.15, 0.2) is 6.07 Å². The van der Waals surface area contributed by atoms with Gasteiger partial charge in [-0.2, -0.15) is 0 Å². The Morgan fingerprint density at radius 3 is 3.06 bits per heavy atom. The first-order valence-corrected chi connectivity index (χ1v) is 5.80. The van der Waals surface area contributed by atoms with E-state index in [1.165, 1.54) is 0 Å². The summed E-state index contributed by atoms with van der Waals surface area (Å²) in [5.74, 6) is 0.574. The van der Waals surface area contributed by atoms with Crippen molar-refractivity contribution in [1.29, 1.82) is 0 Å². The van der Waals surface area contributed by atoms with Crippen LogP contribution in [-0.2, 0) is 24.3 Å². The van der Waals surface area contributed by atoms with Gasteiger partial charge in [0.25, 0.3) is 0 Å². The molecule has 1 atom stereocenters. The Hall–Kier alpha value is -1.79. The fourth-order valence-electron chi connectivity index (χ4n) is 2.51. The van der Waals surface area contributed by atoms with Gasteiger partial charge in [0, 0.05) is 18.7 Å². The van der Waals surface area contributed by atoms with Crippen molar-refractivity contribution in [1.82, 2.24) is 5.32 Å². The molecule has 0 radical (unpaired) electrons. The first-order valence-electron chi connectivity index (χ1n) is 5.80. The molecular weight excluding hydrogens is 236 g/mol. The van der Waals surface area contributed by atoms with E-state index in [-0.39, 0.29) is 6.79 Å². The number of nitrogens with one attached hydrogen (secondary N) is 1. The van der Waals surface area contributed by atoms with Crippen molar-refractivity contribution < 1.29 is 19.4 Å². The second-order valence-corrected chi connectivity index (χ2v) is 4.41. The van der Waals surface area contributed by atoms with Crippen LogP contribution >= 0.6 is 0 Å². The maximum Gasteiger partial charge on any atom is 0.321 e. The fourth-order valence-corrected chi connectivity index (χ4v) is 2.51. The van der Waals surface area contributed by atoms with Crippen molar-refractivity contribution in [2.24, 2.45) is 5.73 Å². The van der Waals surface area contributed by atoms with E-state index >= 15 is 0 Å². The second kappa shape index (κ2) is 4.15. The summed E-state index contributed by atoms with van der Waals surface area (Å²) >= 11 is 0.